The minimum absolute atomic E-state index is 0.149. The number of rotatable bonds is 7. The number of aromatic nitrogens is 3. The topological polar surface area (TPSA) is 78.3 Å². The number of aryl methyl sites for hydroxylation is 2. The molecule has 2 aromatic carbocycles. The van der Waals surface area contributed by atoms with Crippen molar-refractivity contribution in [1.29, 1.82) is 0 Å². The van der Waals surface area contributed by atoms with E-state index in [9.17, 15) is 4.79 Å². The molecule has 0 fully saturated rings. The fourth-order valence-corrected chi connectivity index (χ4v) is 4.43. The second-order valence-electron chi connectivity index (χ2n) is 7.73. The van der Waals surface area contributed by atoms with Crippen molar-refractivity contribution < 1.29 is 14.3 Å². The molecule has 2 aromatic heterocycles. The predicted molar refractivity (Wildman–Crippen MR) is 131 cm³/mol. The normalized spacial score (nSPS) is 10.8. The van der Waals surface area contributed by atoms with E-state index in [-0.39, 0.29) is 12.3 Å². The molecule has 1 amide bonds. The SMILES string of the molecule is COc1ccc(NC(=O)Cc2c(C)nn(-c3nc(-c4ccc(C)cc4)cs3)c2C)c(OC)c1. The van der Waals surface area contributed by atoms with Gasteiger partial charge in [-0.2, -0.15) is 5.10 Å². The number of thiazole rings is 1. The second kappa shape index (κ2) is 9.46. The molecule has 170 valence electrons. The number of amides is 1. The molecular weight excluding hydrogens is 436 g/mol. The Hall–Kier alpha value is -3.65. The van der Waals surface area contributed by atoms with Crippen LogP contribution in [0.3, 0.4) is 0 Å². The summed E-state index contributed by atoms with van der Waals surface area (Å²) in [5.74, 6) is 1.05. The highest BCUT2D eigenvalue weighted by molar-refractivity contribution is 7.12. The molecule has 0 radical (unpaired) electrons. The molecule has 8 heteroatoms. The summed E-state index contributed by atoms with van der Waals surface area (Å²) in [7, 11) is 3.14. The van der Waals surface area contributed by atoms with Gasteiger partial charge >= 0.3 is 0 Å². The molecule has 0 saturated carbocycles. The van der Waals surface area contributed by atoms with Crippen LogP contribution in [0.2, 0.25) is 0 Å². The van der Waals surface area contributed by atoms with Gasteiger partial charge in [-0.05, 0) is 32.9 Å². The van der Waals surface area contributed by atoms with Crippen LogP contribution in [0.25, 0.3) is 16.4 Å². The lowest BCUT2D eigenvalue weighted by Crippen LogP contribution is -2.16. The number of ether oxygens (including phenoxy) is 2. The van der Waals surface area contributed by atoms with Crippen LogP contribution in [0.15, 0.2) is 47.8 Å². The van der Waals surface area contributed by atoms with E-state index in [1.54, 1.807) is 32.4 Å². The highest BCUT2D eigenvalue weighted by Crippen LogP contribution is 2.30. The van der Waals surface area contributed by atoms with Crippen molar-refractivity contribution in [2.75, 3.05) is 19.5 Å². The van der Waals surface area contributed by atoms with Gasteiger partial charge in [0.2, 0.25) is 11.0 Å². The maximum Gasteiger partial charge on any atom is 0.229 e. The lowest BCUT2D eigenvalue weighted by molar-refractivity contribution is -0.115. The summed E-state index contributed by atoms with van der Waals surface area (Å²) in [5, 5.41) is 10.4. The first kappa shape index (κ1) is 22.5. The summed E-state index contributed by atoms with van der Waals surface area (Å²) >= 11 is 1.53. The zero-order valence-electron chi connectivity index (χ0n) is 19.3. The van der Waals surface area contributed by atoms with Gasteiger partial charge in [-0.25, -0.2) is 9.67 Å². The lowest BCUT2D eigenvalue weighted by Gasteiger charge is -2.11. The highest BCUT2D eigenvalue weighted by Gasteiger charge is 2.19. The van der Waals surface area contributed by atoms with Gasteiger partial charge in [-0.3, -0.25) is 4.79 Å². The number of benzene rings is 2. The van der Waals surface area contributed by atoms with Crippen LogP contribution in [0, 0.1) is 20.8 Å². The Morgan fingerprint density at radius 2 is 1.82 bits per heavy atom. The third-order valence-electron chi connectivity index (χ3n) is 5.48. The molecule has 0 saturated heterocycles. The second-order valence-corrected chi connectivity index (χ2v) is 8.57. The van der Waals surface area contributed by atoms with Gasteiger partial charge in [-0.15, -0.1) is 11.3 Å². The third-order valence-corrected chi connectivity index (χ3v) is 6.30. The quantitative estimate of drug-likeness (QED) is 0.412. The fraction of sp³-hybridized carbons (Fsp3) is 0.240. The van der Waals surface area contributed by atoms with Gasteiger partial charge in [0.25, 0.3) is 0 Å². The van der Waals surface area contributed by atoms with Crippen molar-refractivity contribution in [3.8, 4) is 27.9 Å². The lowest BCUT2D eigenvalue weighted by atomic mass is 10.1. The average molecular weight is 463 g/mol. The van der Waals surface area contributed by atoms with Crippen molar-refractivity contribution in [1.82, 2.24) is 14.8 Å². The molecule has 4 rings (SSSR count). The summed E-state index contributed by atoms with van der Waals surface area (Å²) in [5.41, 5.74) is 6.36. The maximum absolute atomic E-state index is 12.8. The van der Waals surface area contributed by atoms with Crippen LogP contribution in [-0.4, -0.2) is 34.9 Å². The van der Waals surface area contributed by atoms with Crippen molar-refractivity contribution in [2.45, 2.75) is 27.2 Å². The fourth-order valence-electron chi connectivity index (χ4n) is 3.59. The van der Waals surface area contributed by atoms with Crippen LogP contribution in [0.1, 0.15) is 22.5 Å². The van der Waals surface area contributed by atoms with Crippen molar-refractivity contribution >= 4 is 22.9 Å². The molecule has 0 spiro atoms. The highest BCUT2D eigenvalue weighted by atomic mass is 32.1. The Morgan fingerprint density at radius 3 is 2.52 bits per heavy atom. The Morgan fingerprint density at radius 1 is 1.06 bits per heavy atom. The predicted octanol–water partition coefficient (Wildman–Crippen LogP) is 5.12. The molecular formula is C25H26N4O3S. The molecule has 0 aliphatic carbocycles. The van der Waals surface area contributed by atoms with Gasteiger partial charge in [0.15, 0.2) is 0 Å². The monoisotopic (exact) mass is 462 g/mol. The molecule has 0 unspecified atom stereocenters. The van der Waals surface area contributed by atoms with Crippen LogP contribution in [0.4, 0.5) is 5.69 Å². The van der Waals surface area contributed by atoms with E-state index in [4.69, 9.17) is 14.5 Å². The Labute approximate surface area is 197 Å². The van der Waals surface area contributed by atoms with E-state index >= 15 is 0 Å². The first-order valence-corrected chi connectivity index (χ1v) is 11.4. The molecule has 0 bridgehead atoms. The van der Waals surface area contributed by atoms with Crippen LogP contribution in [-0.2, 0) is 11.2 Å². The summed E-state index contributed by atoms with van der Waals surface area (Å²) in [4.78, 5) is 17.6. The largest absolute Gasteiger partial charge is 0.497 e. The van der Waals surface area contributed by atoms with Gasteiger partial charge < -0.3 is 14.8 Å². The first-order valence-electron chi connectivity index (χ1n) is 10.5. The number of nitrogens with one attached hydrogen (secondary N) is 1. The number of hydrogen-bond donors (Lipinski definition) is 1. The zero-order valence-corrected chi connectivity index (χ0v) is 20.1. The first-order chi connectivity index (χ1) is 15.9. The summed E-state index contributed by atoms with van der Waals surface area (Å²) < 4.78 is 12.4. The molecule has 0 atom stereocenters. The van der Waals surface area contributed by atoms with Gasteiger partial charge in [-0.1, -0.05) is 29.8 Å². The zero-order chi connectivity index (χ0) is 23.5. The number of nitrogens with zero attached hydrogens (tertiary/aromatic N) is 3. The van der Waals surface area contributed by atoms with Crippen LogP contribution in [0.5, 0.6) is 11.5 Å². The molecule has 0 aliphatic heterocycles. The van der Waals surface area contributed by atoms with Gasteiger partial charge in [0.1, 0.15) is 11.5 Å². The van der Waals surface area contributed by atoms with Crippen LogP contribution >= 0.6 is 11.3 Å². The number of methoxy groups -OCH3 is 2. The smallest absolute Gasteiger partial charge is 0.229 e. The van der Waals surface area contributed by atoms with E-state index < -0.39 is 0 Å². The Kier molecular flexibility index (Phi) is 6.46. The Bertz CT molecular complexity index is 1290. The standard InChI is InChI=1S/C25H26N4O3S/c1-15-6-8-18(9-7-15)22-14-33-25(27-22)29-17(3)20(16(2)28-29)13-24(30)26-21-11-10-19(31-4)12-23(21)32-5/h6-12,14H,13H2,1-5H3,(H,26,30). The van der Waals surface area contributed by atoms with E-state index in [2.05, 4.69) is 41.6 Å². The molecule has 7 nitrogen and oxygen atoms in total. The Balaban J connectivity index is 1.54. The summed E-state index contributed by atoms with van der Waals surface area (Å²) in [6.45, 7) is 5.94. The number of carbonyl (C=O) groups excluding carboxylic acids is 1. The van der Waals surface area contributed by atoms with E-state index in [1.165, 1.54) is 16.9 Å². The minimum atomic E-state index is -0.149. The van der Waals surface area contributed by atoms with Crippen LogP contribution < -0.4 is 14.8 Å². The average Bonchev–Trinajstić information content (AvgIpc) is 3.40. The summed E-state index contributed by atoms with van der Waals surface area (Å²) in [6.07, 6.45) is 0.197. The number of anilines is 1. The van der Waals surface area contributed by atoms with E-state index in [0.29, 0.717) is 17.2 Å². The maximum atomic E-state index is 12.8. The molecule has 33 heavy (non-hydrogen) atoms. The molecule has 0 aliphatic rings. The number of hydrogen-bond acceptors (Lipinski definition) is 6. The van der Waals surface area contributed by atoms with E-state index in [1.807, 2.05) is 23.9 Å². The summed E-state index contributed by atoms with van der Waals surface area (Å²) in [6, 6.07) is 13.6. The number of carbonyl (C=O) groups is 1. The molecule has 2 heterocycles. The van der Waals surface area contributed by atoms with Crippen molar-refractivity contribution in [2.24, 2.45) is 0 Å². The molecule has 4 aromatic rings. The third kappa shape index (κ3) is 4.75. The van der Waals surface area contributed by atoms with Crippen molar-refractivity contribution in [3.05, 3.63) is 70.4 Å². The minimum Gasteiger partial charge on any atom is -0.497 e. The van der Waals surface area contributed by atoms with E-state index in [0.717, 1.165) is 33.3 Å². The van der Waals surface area contributed by atoms with Crippen molar-refractivity contribution in [3.63, 3.8) is 0 Å². The molecule has 1 N–H and O–H groups in total. The van der Waals surface area contributed by atoms with Gasteiger partial charge in [0, 0.05) is 28.3 Å². The van der Waals surface area contributed by atoms with Gasteiger partial charge in [0.05, 0.1) is 37.7 Å².